The Hall–Kier alpha value is -1.51. The van der Waals surface area contributed by atoms with Gasteiger partial charge in [-0.1, -0.05) is 32.0 Å². The van der Waals surface area contributed by atoms with E-state index in [1.165, 1.54) is 11.3 Å². The Labute approximate surface area is 104 Å². The first-order valence-corrected chi connectivity index (χ1v) is 6.18. The van der Waals surface area contributed by atoms with Crippen LogP contribution in [0.1, 0.15) is 38.2 Å². The molecule has 3 nitrogen and oxygen atoms in total. The van der Waals surface area contributed by atoms with Gasteiger partial charge in [-0.05, 0) is 24.0 Å². The summed E-state index contributed by atoms with van der Waals surface area (Å²) in [6.45, 7) is 5.20. The van der Waals surface area contributed by atoms with Gasteiger partial charge in [-0.15, -0.1) is 0 Å². The number of benzene rings is 1. The van der Waals surface area contributed by atoms with Gasteiger partial charge in [0.15, 0.2) is 0 Å². The minimum Gasteiger partial charge on any atom is -0.385 e. The summed E-state index contributed by atoms with van der Waals surface area (Å²) in [6.07, 6.45) is 1.43. The fourth-order valence-corrected chi connectivity index (χ4v) is 1.76. The first-order valence-electron chi connectivity index (χ1n) is 6.18. The third-order valence-electron chi connectivity index (χ3n) is 2.76. The molecule has 0 aliphatic rings. The molecule has 1 amide bonds. The standard InChI is InChI=1S/C14H22N2O/c1-11(2)12-7-4-5-8-13(12)16-10-6-9-14(17)15-3/h4-5,7-8,11,16H,6,9-10H2,1-3H3,(H,15,17). The molecule has 0 fully saturated rings. The van der Waals surface area contributed by atoms with Gasteiger partial charge < -0.3 is 10.6 Å². The van der Waals surface area contributed by atoms with Crippen LogP contribution in [0.25, 0.3) is 0 Å². The van der Waals surface area contributed by atoms with Crippen LogP contribution in [-0.2, 0) is 4.79 Å². The van der Waals surface area contributed by atoms with Crippen LogP contribution in [0.5, 0.6) is 0 Å². The van der Waals surface area contributed by atoms with Crippen LogP contribution in [0.4, 0.5) is 5.69 Å². The van der Waals surface area contributed by atoms with Crippen LogP contribution in [0.15, 0.2) is 24.3 Å². The summed E-state index contributed by atoms with van der Waals surface area (Å²) in [6, 6.07) is 8.33. The van der Waals surface area contributed by atoms with Crippen molar-refractivity contribution in [3.05, 3.63) is 29.8 Å². The first-order chi connectivity index (χ1) is 8.15. The Morgan fingerprint density at radius 2 is 2.00 bits per heavy atom. The minimum absolute atomic E-state index is 0.101. The van der Waals surface area contributed by atoms with Crippen LogP contribution in [0.3, 0.4) is 0 Å². The molecule has 0 unspecified atom stereocenters. The highest BCUT2D eigenvalue weighted by molar-refractivity contribution is 5.75. The van der Waals surface area contributed by atoms with Gasteiger partial charge in [-0.3, -0.25) is 4.79 Å². The normalized spacial score (nSPS) is 10.4. The van der Waals surface area contributed by atoms with E-state index in [-0.39, 0.29) is 5.91 Å². The zero-order valence-corrected chi connectivity index (χ0v) is 10.9. The molecule has 0 saturated carbocycles. The largest absolute Gasteiger partial charge is 0.385 e. The lowest BCUT2D eigenvalue weighted by molar-refractivity contribution is -0.120. The van der Waals surface area contributed by atoms with E-state index < -0.39 is 0 Å². The van der Waals surface area contributed by atoms with Crippen molar-refractivity contribution in [3.63, 3.8) is 0 Å². The summed E-state index contributed by atoms with van der Waals surface area (Å²) < 4.78 is 0. The Kier molecular flexibility index (Phi) is 5.53. The molecule has 0 aliphatic carbocycles. The summed E-state index contributed by atoms with van der Waals surface area (Å²) in [5.41, 5.74) is 2.51. The van der Waals surface area contributed by atoms with Gasteiger partial charge in [0, 0.05) is 25.7 Å². The summed E-state index contributed by atoms with van der Waals surface area (Å²) in [5.74, 6) is 0.613. The summed E-state index contributed by atoms with van der Waals surface area (Å²) in [4.78, 5) is 11.1. The molecule has 0 bridgehead atoms. The molecule has 1 rings (SSSR count). The van der Waals surface area contributed by atoms with Crippen molar-refractivity contribution < 1.29 is 4.79 Å². The van der Waals surface area contributed by atoms with Crippen LogP contribution in [-0.4, -0.2) is 19.5 Å². The number of carbonyl (C=O) groups excluding carboxylic acids is 1. The van der Waals surface area contributed by atoms with Gasteiger partial charge in [0.1, 0.15) is 0 Å². The molecule has 0 spiro atoms. The number of rotatable bonds is 6. The average Bonchev–Trinajstić information content (AvgIpc) is 2.34. The number of nitrogens with one attached hydrogen (secondary N) is 2. The van der Waals surface area contributed by atoms with Crippen molar-refractivity contribution in [1.29, 1.82) is 0 Å². The molecule has 0 radical (unpaired) electrons. The van der Waals surface area contributed by atoms with Gasteiger partial charge in [0.25, 0.3) is 0 Å². The molecule has 0 saturated heterocycles. The van der Waals surface area contributed by atoms with Gasteiger partial charge in [0.2, 0.25) is 5.91 Å². The van der Waals surface area contributed by atoms with E-state index >= 15 is 0 Å². The molecule has 2 N–H and O–H groups in total. The van der Waals surface area contributed by atoms with E-state index in [1.807, 2.05) is 6.07 Å². The molecule has 0 heterocycles. The number of hydrogen-bond acceptors (Lipinski definition) is 2. The topological polar surface area (TPSA) is 41.1 Å². The molecular formula is C14H22N2O. The highest BCUT2D eigenvalue weighted by atomic mass is 16.1. The molecule has 1 aromatic rings. The van der Waals surface area contributed by atoms with Crippen LogP contribution >= 0.6 is 0 Å². The van der Waals surface area contributed by atoms with Crippen molar-refractivity contribution in [2.75, 3.05) is 18.9 Å². The smallest absolute Gasteiger partial charge is 0.219 e. The second-order valence-corrected chi connectivity index (χ2v) is 4.45. The summed E-state index contributed by atoms with van der Waals surface area (Å²) in [7, 11) is 1.67. The van der Waals surface area contributed by atoms with E-state index in [0.717, 1.165) is 13.0 Å². The Bertz CT molecular complexity index is 361. The zero-order valence-electron chi connectivity index (χ0n) is 10.9. The van der Waals surface area contributed by atoms with Gasteiger partial charge in [-0.2, -0.15) is 0 Å². The second-order valence-electron chi connectivity index (χ2n) is 4.45. The van der Waals surface area contributed by atoms with Gasteiger partial charge in [0.05, 0.1) is 0 Å². The van der Waals surface area contributed by atoms with Crippen molar-refractivity contribution in [3.8, 4) is 0 Å². The highest BCUT2D eigenvalue weighted by Gasteiger charge is 2.05. The Morgan fingerprint density at radius 1 is 1.29 bits per heavy atom. The maximum Gasteiger partial charge on any atom is 0.219 e. The lowest BCUT2D eigenvalue weighted by atomic mass is 10.0. The maximum atomic E-state index is 11.1. The van der Waals surface area contributed by atoms with Crippen LogP contribution in [0, 0.1) is 0 Å². The van der Waals surface area contributed by atoms with E-state index in [9.17, 15) is 4.79 Å². The highest BCUT2D eigenvalue weighted by Crippen LogP contribution is 2.23. The number of anilines is 1. The van der Waals surface area contributed by atoms with Crippen LogP contribution < -0.4 is 10.6 Å². The number of para-hydroxylation sites is 1. The summed E-state index contributed by atoms with van der Waals surface area (Å²) >= 11 is 0. The van der Waals surface area contributed by atoms with Crippen molar-refractivity contribution in [2.45, 2.75) is 32.6 Å². The minimum atomic E-state index is 0.101. The molecule has 17 heavy (non-hydrogen) atoms. The quantitative estimate of drug-likeness (QED) is 0.743. The molecule has 0 atom stereocenters. The molecule has 3 heteroatoms. The molecule has 94 valence electrons. The van der Waals surface area contributed by atoms with Crippen LogP contribution in [0.2, 0.25) is 0 Å². The second kappa shape index (κ2) is 6.94. The zero-order chi connectivity index (χ0) is 12.7. The third-order valence-corrected chi connectivity index (χ3v) is 2.76. The Morgan fingerprint density at radius 3 is 2.65 bits per heavy atom. The fourth-order valence-electron chi connectivity index (χ4n) is 1.76. The monoisotopic (exact) mass is 234 g/mol. The lowest BCUT2D eigenvalue weighted by Gasteiger charge is -2.14. The predicted molar refractivity (Wildman–Crippen MR) is 72.3 cm³/mol. The predicted octanol–water partition coefficient (Wildman–Crippen LogP) is 2.75. The van der Waals surface area contributed by atoms with Crippen molar-refractivity contribution in [2.24, 2.45) is 0 Å². The maximum absolute atomic E-state index is 11.1. The van der Waals surface area contributed by atoms with Crippen molar-refractivity contribution in [1.82, 2.24) is 5.32 Å². The van der Waals surface area contributed by atoms with E-state index in [0.29, 0.717) is 12.3 Å². The number of carbonyl (C=O) groups is 1. The third kappa shape index (κ3) is 4.47. The van der Waals surface area contributed by atoms with Gasteiger partial charge >= 0.3 is 0 Å². The molecule has 0 aromatic heterocycles. The van der Waals surface area contributed by atoms with Crippen molar-refractivity contribution >= 4 is 11.6 Å². The molecular weight excluding hydrogens is 212 g/mol. The molecule has 0 aliphatic heterocycles. The fraction of sp³-hybridized carbons (Fsp3) is 0.500. The lowest BCUT2D eigenvalue weighted by Crippen LogP contribution is -2.18. The van der Waals surface area contributed by atoms with Gasteiger partial charge in [-0.25, -0.2) is 0 Å². The SMILES string of the molecule is CNC(=O)CCCNc1ccccc1C(C)C. The summed E-state index contributed by atoms with van der Waals surface area (Å²) in [5, 5.41) is 6.02. The average molecular weight is 234 g/mol. The van der Waals surface area contributed by atoms with E-state index in [2.05, 4.69) is 42.7 Å². The number of amides is 1. The van der Waals surface area contributed by atoms with E-state index in [4.69, 9.17) is 0 Å². The van der Waals surface area contributed by atoms with E-state index in [1.54, 1.807) is 7.05 Å². The first kappa shape index (κ1) is 13.6. The number of hydrogen-bond donors (Lipinski definition) is 2. The molecule has 1 aromatic carbocycles. The Balaban J connectivity index is 2.44.